The van der Waals surface area contributed by atoms with Crippen LogP contribution in [-0.4, -0.2) is 30.0 Å². The summed E-state index contributed by atoms with van der Waals surface area (Å²) in [5.41, 5.74) is 0.874. The van der Waals surface area contributed by atoms with Crippen LogP contribution in [0.3, 0.4) is 0 Å². The van der Waals surface area contributed by atoms with Gasteiger partial charge in [0.05, 0.1) is 4.92 Å². The van der Waals surface area contributed by atoms with Gasteiger partial charge in [-0.2, -0.15) is 0 Å². The number of nitrogens with zero attached hydrogens (tertiary/aromatic N) is 1. The molecule has 108 valence electrons. The summed E-state index contributed by atoms with van der Waals surface area (Å²) in [6.07, 6.45) is 3.22. The van der Waals surface area contributed by atoms with E-state index in [1.807, 2.05) is 0 Å². The molecule has 1 fully saturated rings. The van der Waals surface area contributed by atoms with E-state index in [1.165, 1.54) is 12.5 Å². The number of amides is 1. The first-order valence-corrected chi connectivity index (χ1v) is 6.84. The van der Waals surface area contributed by atoms with Crippen molar-refractivity contribution in [2.24, 2.45) is 0 Å². The molecule has 0 radical (unpaired) electrons. The fraction of sp³-hybridized carbons (Fsp3) is 0.500. The van der Waals surface area contributed by atoms with Crippen molar-refractivity contribution in [3.05, 3.63) is 39.4 Å². The SMILES string of the molecule is Cc1ccc(C(=O)NCCC2CCCN2)cc1[N+](=O)[O-]. The molecule has 20 heavy (non-hydrogen) atoms. The molecule has 1 aliphatic heterocycles. The second kappa shape index (κ2) is 6.47. The standard InChI is InChI=1S/C14H19N3O3/c1-10-4-5-11(9-13(10)17(19)20)14(18)16-8-6-12-3-2-7-15-12/h4-5,9,12,15H,2-3,6-8H2,1H3,(H,16,18). The Morgan fingerprint density at radius 3 is 3.00 bits per heavy atom. The molecule has 2 N–H and O–H groups in total. The monoisotopic (exact) mass is 277 g/mol. The first-order chi connectivity index (χ1) is 9.58. The third kappa shape index (κ3) is 3.54. The Kier molecular flexibility index (Phi) is 4.68. The van der Waals surface area contributed by atoms with Crippen molar-refractivity contribution in [3.63, 3.8) is 0 Å². The van der Waals surface area contributed by atoms with Gasteiger partial charge in [-0.05, 0) is 38.8 Å². The van der Waals surface area contributed by atoms with Gasteiger partial charge in [-0.3, -0.25) is 14.9 Å². The molecule has 1 amide bonds. The second-order valence-electron chi connectivity index (χ2n) is 5.10. The number of carbonyl (C=O) groups is 1. The molecule has 1 saturated heterocycles. The Morgan fingerprint density at radius 1 is 1.55 bits per heavy atom. The Labute approximate surface area is 117 Å². The molecule has 1 atom stereocenters. The van der Waals surface area contributed by atoms with Crippen LogP contribution in [0.4, 0.5) is 5.69 Å². The summed E-state index contributed by atoms with van der Waals surface area (Å²) < 4.78 is 0. The number of hydrogen-bond donors (Lipinski definition) is 2. The summed E-state index contributed by atoms with van der Waals surface area (Å²) in [5.74, 6) is -0.258. The summed E-state index contributed by atoms with van der Waals surface area (Å²) in [6.45, 7) is 3.28. The van der Waals surface area contributed by atoms with Crippen LogP contribution in [0.15, 0.2) is 18.2 Å². The van der Waals surface area contributed by atoms with E-state index in [-0.39, 0.29) is 11.6 Å². The summed E-state index contributed by atoms with van der Waals surface area (Å²) >= 11 is 0. The van der Waals surface area contributed by atoms with E-state index >= 15 is 0 Å². The Balaban J connectivity index is 1.91. The molecule has 1 heterocycles. The van der Waals surface area contributed by atoms with Gasteiger partial charge in [-0.15, -0.1) is 0 Å². The van der Waals surface area contributed by atoms with Gasteiger partial charge in [0.25, 0.3) is 11.6 Å². The van der Waals surface area contributed by atoms with Crippen LogP contribution in [0.1, 0.15) is 35.2 Å². The molecule has 6 heteroatoms. The lowest BCUT2D eigenvalue weighted by Gasteiger charge is -2.10. The number of nitrogens with one attached hydrogen (secondary N) is 2. The van der Waals surface area contributed by atoms with E-state index in [1.54, 1.807) is 19.1 Å². The number of nitro groups is 1. The number of rotatable bonds is 5. The maximum atomic E-state index is 12.0. The molecule has 0 saturated carbocycles. The average molecular weight is 277 g/mol. The third-order valence-electron chi connectivity index (χ3n) is 3.61. The topological polar surface area (TPSA) is 84.3 Å². The zero-order chi connectivity index (χ0) is 14.5. The van der Waals surface area contributed by atoms with E-state index in [4.69, 9.17) is 0 Å². The Bertz CT molecular complexity index is 510. The van der Waals surface area contributed by atoms with Gasteiger partial charge in [-0.1, -0.05) is 6.07 Å². The van der Waals surface area contributed by atoms with Gasteiger partial charge in [-0.25, -0.2) is 0 Å². The third-order valence-corrected chi connectivity index (χ3v) is 3.61. The first-order valence-electron chi connectivity index (χ1n) is 6.84. The Morgan fingerprint density at radius 2 is 2.35 bits per heavy atom. The van der Waals surface area contributed by atoms with Crippen molar-refractivity contribution in [2.75, 3.05) is 13.1 Å². The molecule has 1 aromatic carbocycles. The van der Waals surface area contributed by atoms with Gasteiger partial charge in [0.2, 0.25) is 0 Å². The summed E-state index contributed by atoms with van der Waals surface area (Å²) in [6, 6.07) is 5.03. The van der Waals surface area contributed by atoms with E-state index in [0.29, 0.717) is 23.7 Å². The van der Waals surface area contributed by atoms with Crippen LogP contribution in [0, 0.1) is 17.0 Å². The van der Waals surface area contributed by atoms with Crippen LogP contribution in [-0.2, 0) is 0 Å². The predicted octanol–water partition coefficient (Wildman–Crippen LogP) is 1.78. The molecule has 1 aliphatic rings. The summed E-state index contributed by atoms with van der Waals surface area (Å²) in [7, 11) is 0. The van der Waals surface area contributed by atoms with Crippen molar-refractivity contribution in [1.29, 1.82) is 0 Å². The molecule has 1 aromatic rings. The highest BCUT2D eigenvalue weighted by Gasteiger charge is 2.16. The minimum Gasteiger partial charge on any atom is -0.352 e. The van der Waals surface area contributed by atoms with Crippen LogP contribution >= 0.6 is 0 Å². The highest BCUT2D eigenvalue weighted by Crippen LogP contribution is 2.19. The van der Waals surface area contributed by atoms with Crippen molar-refractivity contribution < 1.29 is 9.72 Å². The van der Waals surface area contributed by atoms with Crippen molar-refractivity contribution in [3.8, 4) is 0 Å². The molecule has 1 unspecified atom stereocenters. The van der Waals surface area contributed by atoms with Gasteiger partial charge < -0.3 is 10.6 Å². The molecule has 0 spiro atoms. The lowest BCUT2D eigenvalue weighted by molar-refractivity contribution is -0.385. The normalized spacial score (nSPS) is 17.9. The minimum atomic E-state index is -0.464. The van der Waals surface area contributed by atoms with Crippen LogP contribution < -0.4 is 10.6 Å². The van der Waals surface area contributed by atoms with Gasteiger partial charge >= 0.3 is 0 Å². The van der Waals surface area contributed by atoms with E-state index in [9.17, 15) is 14.9 Å². The molecule has 2 rings (SSSR count). The van der Waals surface area contributed by atoms with Crippen molar-refractivity contribution in [1.82, 2.24) is 10.6 Å². The minimum absolute atomic E-state index is 0.0184. The second-order valence-corrected chi connectivity index (χ2v) is 5.10. The lowest BCUT2D eigenvalue weighted by atomic mass is 10.1. The zero-order valence-electron chi connectivity index (χ0n) is 11.5. The first kappa shape index (κ1) is 14.5. The quantitative estimate of drug-likeness (QED) is 0.634. The maximum absolute atomic E-state index is 12.0. The zero-order valence-corrected chi connectivity index (χ0v) is 11.5. The molecule has 0 aliphatic carbocycles. The number of carbonyl (C=O) groups excluding carboxylic acids is 1. The molecule has 0 aromatic heterocycles. The van der Waals surface area contributed by atoms with E-state index in [0.717, 1.165) is 19.4 Å². The van der Waals surface area contributed by atoms with E-state index < -0.39 is 4.92 Å². The van der Waals surface area contributed by atoms with Gasteiger partial charge in [0.1, 0.15) is 0 Å². The molecular weight excluding hydrogens is 258 g/mol. The number of aryl methyl sites for hydroxylation is 1. The highest BCUT2D eigenvalue weighted by molar-refractivity contribution is 5.94. The summed E-state index contributed by atoms with van der Waals surface area (Å²) in [4.78, 5) is 22.3. The Hall–Kier alpha value is -1.95. The molecular formula is C14H19N3O3. The molecule has 0 bridgehead atoms. The average Bonchev–Trinajstić information content (AvgIpc) is 2.92. The van der Waals surface area contributed by atoms with E-state index in [2.05, 4.69) is 10.6 Å². The van der Waals surface area contributed by atoms with Gasteiger partial charge in [0, 0.05) is 29.8 Å². The van der Waals surface area contributed by atoms with Crippen molar-refractivity contribution >= 4 is 11.6 Å². The number of hydrogen-bond acceptors (Lipinski definition) is 4. The number of benzene rings is 1. The fourth-order valence-corrected chi connectivity index (χ4v) is 2.41. The van der Waals surface area contributed by atoms with Crippen LogP contribution in [0.5, 0.6) is 0 Å². The maximum Gasteiger partial charge on any atom is 0.273 e. The van der Waals surface area contributed by atoms with Crippen molar-refractivity contribution in [2.45, 2.75) is 32.2 Å². The lowest BCUT2D eigenvalue weighted by Crippen LogP contribution is -2.30. The fourth-order valence-electron chi connectivity index (χ4n) is 2.41. The largest absolute Gasteiger partial charge is 0.352 e. The van der Waals surface area contributed by atoms with Gasteiger partial charge in [0.15, 0.2) is 0 Å². The predicted molar refractivity (Wildman–Crippen MR) is 75.8 cm³/mol. The summed E-state index contributed by atoms with van der Waals surface area (Å²) in [5, 5.41) is 17.0. The highest BCUT2D eigenvalue weighted by atomic mass is 16.6. The van der Waals surface area contributed by atoms with Crippen LogP contribution in [0.25, 0.3) is 0 Å². The smallest absolute Gasteiger partial charge is 0.273 e. The van der Waals surface area contributed by atoms with Crippen LogP contribution in [0.2, 0.25) is 0 Å². The number of nitro benzene ring substituents is 1. The molecule has 6 nitrogen and oxygen atoms in total.